The number of hydrogen-bond acceptors (Lipinski definition) is 2. The Kier molecular flexibility index (Phi) is 1.89. The molecule has 0 saturated heterocycles. The van der Waals surface area contributed by atoms with Crippen LogP contribution in [0.3, 0.4) is 0 Å². The van der Waals surface area contributed by atoms with Crippen LogP contribution in [0.2, 0.25) is 0 Å². The molecule has 0 aliphatic carbocycles. The van der Waals surface area contributed by atoms with Gasteiger partial charge in [-0.05, 0) is 12.8 Å². The van der Waals surface area contributed by atoms with Crippen molar-refractivity contribution >= 4 is 17.4 Å². The topological polar surface area (TPSA) is 34.9 Å². The second-order valence-electron chi connectivity index (χ2n) is 2.89. The summed E-state index contributed by atoms with van der Waals surface area (Å²) in [7, 11) is 0. The SMILES string of the molecule is O=C(CCl)c1cnn2c1CCC2. The van der Waals surface area contributed by atoms with Crippen LogP contribution in [0.1, 0.15) is 22.5 Å². The molecule has 64 valence electrons. The predicted molar refractivity (Wildman–Crippen MR) is 45.6 cm³/mol. The Morgan fingerprint density at radius 3 is 3.33 bits per heavy atom. The van der Waals surface area contributed by atoms with Crippen molar-refractivity contribution < 1.29 is 4.79 Å². The highest BCUT2D eigenvalue weighted by Crippen LogP contribution is 2.18. The summed E-state index contributed by atoms with van der Waals surface area (Å²) in [5.41, 5.74) is 1.77. The van der Waals surface area contributed by atoms with Gasteiger partial charge in [0.25, 0.3) is 0 Å². The van der Waals surface area contributed by atoms with Gasteiger partial charge in [0.05, 0.1) is 17.6 Å². The van der Waals surface area contributed by atoms with E-state index >= 15 is 0 Å². The van der Waals surface area contributed by atoms with E-state index < -0.39 is 0 Å². The summed E-state index contributed by atoms with van der Waals surface area (Å²) < 4.78 is 1.89. The number of rotatable bonds is 2. The molecule has 4 heteroatoms. The molecular formula is C8H9ClN2O. The fraction of sp³-hybridized carbons (Fsp3) is 0.500. The molecule has 0 amide bonds. The number of Topliss-reactive ketones (excluding diaryl/α,β-unsaturated/α-hetero) is 1. The summed E-state index contributed by atoms with van der Waals surface area (Å²) in [5, 5.41) is 4.10. The number of halogens is 1. The Bertz CT molecular complexity index is 319. The molecule has 0 unspecified atom stereocenters. The molecule has 0 fully saturated rings. The lowest BCUT2D eigenvalue weighted by Crippen LogP contribution is -2.02. The summed E-state index contributed by atoms with van der Waals surface area (Å²) >= 11 is 5.46. The van der Waals surface area contributed by atoms with E-state index in [-0.39, 0.29) is 11.7 Å². The van der Waals surface area contributed by atoms with Crippen LogP contribution in [-0.4, -0.2) is 21.4 Å². The first kappa shape index (κ1) is 7.80. The summed E-state index contributed by atoms with van der Waals surface area (Å²) in [6, 6.07) is 0. The van der Waals surface area contributed by atoms with Crippen molar-refractivity contribution in [3.05, 3.63) is 17.5 Å². The summed E-state index contributed by atoms with van der Waals surface area (Å²) in [5.74, 6) is 0.0402. The maximum absolute atomic E-state index is 11.2. The fourth-order valence-electron chi connectivity index (χ4n) is 1.57. The molecule has 0 aromatic carbocycles. The Balaban J connectivity index is 2.39. The van der Waals surface area contributed by atoms with Crippen LogP contribution in [0.25, 0.3) is 0 Å². The first-order valence-corrected chi connectivity index (χ1v) is 4.50. The quantitative estimate of drug-likeness (QED) is 0.512. The third-order valence-electron chi connectivity index (χ3n) is 2.15. The van der Waals surface area contributed by atoms with Crippen molar-refractivity contribution in [2.24, 2.45) is 0 Å². The van der Waals surface area contributed by atoms with Gasteiger partial charge in [0.2, 0.25) is 0 Å². The standard InChI is InChI=1S/C8H9ClN2O/c9-4-8(12)6-5-10-11-3-1-2-7(6)11/h5H,1-4H2. The molecule has 1 aliphatic rings. The predicted octanol–water partition coefficient (Wildman–Crippen LogP) is 1.25. The number of nitrogens with zero attached hydrogens (tertiary/aromatic N) is 2. The Hall–Kier alpha value is -0.830. The zero-order chi connectivity index (χ0) is 8.55. The van der Waals surface area contributed by atoms with Gasteiger partial charge in [0.1, 0.15) is 0 Å². The third-order valence-corrected chi connectivity index (χ3v) is 2.40. The van der Waals surface area contributed by atoms with E-state index in [4.69, 9.17) is 11.6 Å². The summed E-state index contributed by atoms with van der Waals surface area (Å²) in [6.07, 6.45) is 3.67. The molecule has 2 heterocycles. The van der Waals surface area contributed by atoms with Crippen molar-refractivity contribution in [2.75, 3.05) is 5.88 Å². The molecule has 0 atom stereocenters. The third kappa shape index (κ3) is 1.05. The van der Waals surface area contributed by atoms with Gasteiger partial charge in [-0.3, -0.25) is 9.48 Å². The van der Waals surface area contributed by atoms with E-state index in [1.165, 1.54) is 0 Å². The van der Waals surface area contributed by atoms with Crippen LogP contribution in [0.4, 0.5) is 0 Å². The molecule has 3 nitrogen and oxygen atoms in total. The van der Waals surface area contributed by atoms with Gasteiger partial charge in [-0.15, -0.1) is 11.6 Å². The van der Waals surface area contributed by atoms with Gasteiger partial charge < -0.3 is 0 Å². The molecule has 12 heavy (non-hydrogen) atoms. The van der Waals surface area contributed by atoms with Crippen LogP contribution in [0.15, 0.2) is 6.20 Å². The number of aromatic nitrogens is 2. The van der Waals surface area contributed by atoms with Gasteiger partial charge >= 0.3 is 0 Å². The fourth-order valence-corrected chi connectivity index (χ4v) is 1.71. The largest absolute Gasteiger partial charge is 0.293 e. The van der Waals surface area contributed by atoms with Gasteiger partial charge in [-0.2, -0.15) is 5.10 Å². The molecule has 1 aromatic heterocycles. The van der Waals surface area contributed by atoms with Gasteiger partial charge in [-0.1, -0.05) is 0 Å². The highest BCUT2D eigenvalue weighted by Gasteiger charge is 2.19. The van der Waals surface area contributed by atoms with E-state index in [1.807, 2.05) is 4.68 Å². The monoisotopic (exact) mass is 184 g/mol. The molecule has 0 saturated carbocycles. The normalized spacial score (nSPS) is 14.8. The van der Waals surface area contributed by atoms with Crippen molar-refractivity contribution in [3.8, 4) is 0 Å². The zero-order valence-corrected chi connectivity index (χ0v) is 7.34. The summed E-state index contributed by atoms with van der Waals surface area (Å²) in [4.78, 5) is 11.2. The Morgan fingerprint density at radius 2 is 2.58 bits per heavy atom. The average Bonchev–Trinajstić information content (AvgIpc) is 2.62. The van der Waals surface area contributed by atoms with Crippen molar-refractivity contribution in [1.82, 2.24) is 9.78 Å². The molecule has 2 rings (SSSR count). The van der Waals surface area contributed by atoms with E-state index in [1.54, 1.807) is 6.20 Å². The van der Waals surface area contributed by atoms with Crippen molar-refractivity contribution in [1.29, 1.82) is 0 Å². The highest BCUT2D eigenvalue weighted by atomic mass is 35.5. The van der Waals surface area contributed by atoms with Crippen LogP contribution in [-0.2, 0) is 13.0 Å². The molecule has 0 spiro atoms. The lowest BCUT2D eigenvalue weighted by Gasteiger charge is -1.94. The number of hydrogen-bond donors (Lipinski definition) is 0. The molecular weight excluding hydrogens is 176 g/mol. The first-order valence-electron chi connectivity index (χ1n) is 3.97. The minimum absolute atomic E-state index is 0.0141. The number of carbonyl (C=O) groups is 1. The number of carbonyl (C=O) groups excluding carboxylic acids is 1. The van der Waals surface area contributed by atoms with E-state index in [2.05, 4.69) is 5.10 Å². The van der Waals surface area contributed by atoms with Crippen LogP contribution in [0.5, 0.6) is 0 Å². The van der Waals surface area contributed by atoms with Crippen molar-refractivity contribution in [3.63, 3.8) is 0 Å². The first-order chi connectivity index (χ1) is 5.83. The second-order valence-corrected chi connectivity index (χ2v) is 3.16. The maximum atomic E-state index is 11.2. The number of alkyl halides is 1. The molecule has 0 radical (unpaired) electrons. The lowest BCUT2D eigenvalue weighted by molar-refractivity contribution is 0.102. The van der Waals surface area contributed by atoms with E-state index in [0.29, 0.717) is 5.56 Å². The van der Waals surface area contributed by atoms with Crippen LogP contribution in [0, 0.1) is 0 Å². The maximum Gasteiger partial charge on any atom is 0.181 e. The Morgan fingerprint density at radius 1 is 1.75 bits per heavy atom. The van der Waals surface area contributed by atoms with Gasteiger partial charge in [0, 0.05) is 12.2 Å². The second kappa shape index (κ2) is 2.90. The average molecular weight is 185 g/mol. The zero-order valence-electron chi connectivity index (χ0n) is 6.59. The van der Waals surface area contributed by atoms with Gasteiger partial charge in [0.15, 0.2) is 5.78 Å². The minimum atomic E-state index is -0.0141. The Labute approximate surface area is 75.3 Å². The van der Waals surface area contributed by atoms with Crippen LogP contribution < -0.4 is 0 Å². The molecule has 0 bridgehead atoms. The lowest BCUT2D eigenvalue weighted by atomic mass is 10.1. The van der Waals surface area contributed by atoms with Gasteiger partial charge in [-0.25, -0.2) is 0 Å². The highest BCUT2D eigenvalue weighted by molar-refractivity contribution is 6.30. The van der Waals surface area contributed by atoms with E-state index in [9.17, 15) is 4.79 Å². The summed E-state index contributed by atoms with van der Waals surface area (Å²) in [6.45, 7) is 0.935. The molecule has 1 aliphatic heterocycles. The molecule has 0 N–H and O–H groups in total. The number of aryl methyl sites for hydroxylation is 1. The smallest absolute Gasteiger partial charge is 0.181 e. The van der Waals surface area contributed by atoms with Crippen LogP contribution >= 0.6 is 11.6 Å². The number of fused-ring (bicyclic) bond motifs is 1. The number of ketones is 1. The molecule has 1 aromatic rings. The van der Waals surface area contributed by atoms with E-state index in [0.717, 1.165) is 25.1 Å². The van der Waals surface area contributed by atoms with Crippen molar-refractivity contribution in [2.45, 2.75) is 19.4 Å². The minimum Gasteiger partial charge on any atom is -0.293 e.